The molecule has 0 amide bonds. The quantitative estimate of drug-likeness (QED) is 0.895. The molecule has 1 aliphatic heterocycles. The summed E-state index contributed by atoms with van der Waals surface area (Å²) in [4.78, 5) is 6.80. The zero-order valence-corrected chi connectivity index (χ0v) is 12.3. The van der Waals surface area contributed by atoms with Gasteiger partial charge in [0.15, 0.2) is 0 Å². The molecule has 1 atom stereocenters. The lowest BCUT2D eigenvalue weighted by Gasteiger charge is -2.12. The topological polar surface area (TPSA) is 47.1 Å². The first-order chi connectivity index (χ1) is 8.60. The average Bonchev–Trinajstić information content (AvgIpc) is 2.88. The number of hydrogen-bond acceptors (Lipinski definition) is 3. The van der Waals surface area contributed by atoms with Crippen LogP contribution in [0.2, 0.25) is 0 Å². The Labute approximate surface area is 111 Å². The fraction of sp³-hybridized carbons (Fsp3) is 0.786. The molecule has 0 radical (unpaired) electrons. The standard InChI is InChI=1S/C11H20N4.C3H8/c1-9-13-11(5-12)8-15(9)7-10-3-4-14(2)6-10;1-3-2/h8,10H,3-7,12H2,1-2H3;3H2,1-2H3. The van der Waals surface area contributed by atoms with Crippen LogP contribution in [0.4, 0.5) is 0 Å². The minimum atomic E-state index is 0.540. The molecular weight excluding hydrogens is 224 g/mol. The van der Waals surface area contributed by atoms with Crippen LogP contribution in [0.3, 0.4) is 0 Å². The average molecular weight is 252 g/mol. The SMILES string of the molecule is CCC.Cc1nc(CN)cn1CC1CCN(C)C1. The van der Waals surface area contributed by atoms with E-state index in [4.69, 9.17) is 5.73 Å². The van der Waals surface area contributed by atoms with Crippen LogP contribution >= 0.6 is 0 Å². The highest BCUT2D eigenvalue weighted by molar-refractivity contribution is 5.02. The first-order valence-electron chi connectivity index (χ1n) is 7.01. The van der Waals surface area contributed by atoms with Crippen LogP contribution in [-0.2, 0) is 13.1 Å². The van der Waals surface area contributed by atoms with E-state index in [1.54, 1.807) is 0 Å². The van der Waals surface area contributed by atoms with E-state index in [0.29, 0.717) is 6.54 Å². The zero-order chi connectivity index (χ0) is 13.5. The van der Waals surface area contributed by atoms with E-state index < -0.39 is 0 Å². The predicted molar refractivity (Wildman–Crippen MR) is 76.4 cm³/mol. The Morgan fingerprint density at radius 2 is 2.11 bits per heavy atom. The molecule has 4 heteroatoms. The molecule has 1 aromatic heterocycles. The van der Waals surface area contributed by atoms with Gasteiger partial charge in [-0.25, -0.2) is 4.98 Å². The van der Waals surface area contributed by atoms with E-state index in [1.807, 2.05) is 0 Å². The number of rotatable bonds is 3. The van der Waals surface area contributed by atoms with Crippen LogP contribution in [0.1, 0.15) is 38.2 Å². The normalized spacial score (nSPS) is 19.7. The van der Waals surface area contributed by atoms with Crippen LogP contribution < -0.4 is 5.73 Å². The molecule has 0 spiro atoms. The second kappa shape index (κ2) is 7.54. The van der Waals surface area contributed by atoms with Crippen molar-refractivity contribution in [1.82, 2.24) is 14.5 Å². The largest absolute Gasteiger partial charge is 0.334 e. The van der Waals surface area contributed by atoms with Crippen LogP contribution in [0.15, 0.2) is 6.20 Å². The number of nitrogens with two attached hydrogens (primary N) is 1. The summed E-state index contributed by atoms with van der Waals surface area (Å²) < 4.78 is 2.24. The van der Waals surface area contributed by atoms with Crippen LogP contribution in [0.5, 0.6) is 0 Å². The molecule has 2 heterocycles. The van der Waals surface area contributed by atoms with E-state index in [0.717, 1.165) is 24.0 Å². The molecule has 2 rings (SSSR count). The molecule has 104 valence electrons. The summed E-state index contributed by atoms with van der Waals surface area (Å²) in [5, 5.41) is 0. The Hall–Kier alpha value is -0.870. The van der Waals surface area contributed by atoms with Gasteiger partial charge in [0, 0.05) is 25.8 Å². The van der Waals surface area contributed by atoms with Gasteiger partial charge in [-0.05, 0) is 32.9 Å². The minimum absolute atomic E-state index is 0.540. The lowest BCUT2D eigenvalue weighted by atomic mass is 10.1. The van der Waals surface area contributed by atoms with Crippen molar-refractivity contribution in [1.29, 1.82) is 0 Å². The monoisotopic (exact) mass is 252 g/mol. The molecule has 2 N–H and O–H groups in total. The van der Waals surface area contributed by atoms with Gasteiger partial charge in [-0.2, -0.15) is 0 Å². The number of aromatic nitrogens is 2. The third kappa shape index (κ3) is 4.42. The van der Waals surface area contributed by atoms with Crippen molar-refractivity contribution in [3.8, 4) is 0 Å². The second-order valence-electron chi connectivity index (χ2n) is 5.26. The van der Waals surface area contributed by atoms with Crippen molar-refractivity contribution in [2.75, 3.05) is 20.1 Å². The Kier molecular flexibility index (Phi) is 6.36. The number of aryl methyl sites for hydroxylation is 1. The Balaban J connectivity index is 0.000000492. The fourth-order valence-corrected chi connectivity index (χ4v) is 2.31. The number of nitrogens with zero attached hydrogens (tertiary/aromatic N) is 3. The number of likely N-dealkylation sites (tertiary alicyclic amines) is 1. The molecule has 1 aromatic rings. The van der Waals surface area contributed by atoms with E-state index in [-0.39, 0.29) is 0 Å². The first-order valence-corrected chi connectivity index (χ1v) is 7.01. The maximum atomic E-state index is 5.58. The van der Waals surface area contributed by atoms with Crippen molar-refractivity contribution in [2.45, 2.75) is 46.7 Å². The van der Waals surface area contributed by atoms with E-state index in [2.05, 4.69) is 48.5 Å². The lowest BCUT2D eigenvalue weighted by Crippen LogP contribution is -2.17. The Morgan fingerprint density at radius 1 is 1.44 bits per heavy atom. The molecule has 1 saturated heterocycles. The van der Waals surface area contributed by atoms with Gasteiger partial charge in [-0.15, -0.1) is 0 Å². The minimum Gasteiger partial charge on any atom is -0.334 e. The number of hydrogen-bond donors (Lipinski definition) is 1. The highest BCUT2D eigenvalue weighted by Crippen LogP contribution is 2.17. The van der Waals surface area contributed by atoms with Gasteiger partial charge in [-0.3, -0.25) is 0 Å². The summed E-state index contributed by atoms with van der Waals surface area (Å²) in [5.74, 6) is 1.86. The van der Waals surface area contributed by atoms with Gasteiger partial charge in [0.1, 0.15) is 5.82 Å². The van der Waals surface area contributed by atoms with E-state index in [1.165, 1.54) is 25.9 Å². The third-order valence-electron chi connectivity index (χ3n) is 3.18. The molecule has 1 unspecified atom stereocenters. The molecule has 0 bridgehead atoms. The number of imidazole rings is 1. The van der Waals surface area contributed by atoms with Crippen molar-refractivity contribution in [3.63, 3.8) is 0 Å². The van der Waals surface area contributed by atoms with Gasteiger partial charge in [0.25, 0.3) is 0 Å². The Bertz CT molecular complexity index is 346. The molecular formula is C14H28N4. The summed E-state index contributed by atoms with van der Waals surface area (Å²) >= 11 is 0. The molecule has 0 saturated carbocycles. The molecule has 18 heavy (non-hydrogen) atoms. The molecule has 4 nitrogen and oxygen atoms in total. The van der Waals surface area contributed by atoms with Gasteiger partial charge >= 0.3 is 0 Å². The molecule has 0 aromatic carbocycles. The fourth-order valence-electron chi connectivity index (χ4n) is 2.31. The van der Waals surface area contributed by atoms with Gasteiger partial charge in [-0.1, -0.05) is 20.3 Å². The predicted octanol–water partition coefficient (Wildman–Crippen LogP) is 2.02. The second-order valence-corrected chi connectivity index (χ2v) is 5.26. The molecule has 1 fully saturated rings. The van der Waals surface area contributed by atoms with Crippen molar-refractivity contribution < 1.29 is 0 Å². The lowest BCUT2D eigenvalue weighted by molar-refractivity contribution is 0.376. The summed E-state index contributed by atoms with van der Waals surface area (Å²) in [6.07, 6.45) is 4.64. The highest BCUT2D eigenvalue weighted by Gasteiger charge is 2.20. The maximum absolute atomic E-state index is 5.58. The summed E-state index contributed by atoms with van der Waals surface area (Å²) in [6.45, 7) is 10.4. The van der Waals surface area contributed by atoms with Gasteiger partial charge in [0.05, 0.1) is 5.69 Å². The third-order valence-corrected chi connectivity index (χ3v) is 3.18. The van der Waals surface area contributed by atoms with Crippen molar-refractivity contribution >= 4 is 0 Å². The summed E-state index contributed by atoms with van der Waals surface area (Å²) in [6, 6.07) is 0. The van der Waals surface area contributed by atoms with Crippen molar-refractivity contribution in [3.05, 3.63) is 17.7 Å². The highest BCUT2D eigenvalue weighted by atomic mass is 15.1. The maximum Gasteiger partial charge on any atom is 0.105 e. The smallest absolute Gasteiger partial charge is 0.105 e. The van der Waals surface area contributed by atoms with Gasteiger partial charge < -0.3 is 15.2 Å². The van der Waals surface area contributed by atoms with Crippen LogP contribution in [-0.4, -0.2) is 34.6 Å². The Morgan fingerprint density at radius 3 is 2.56 bits per heavy atom. The van der Waals surface area contributed by atoms with Crippen molar-refractivity contribution in [2.24, 2.45) is 11.7 Å². The van der Waals surface area contributed by atoms with E-state index >= 15 is 0 Å². The first kappa shape index (κ1) is 15.2. The summed E-state index contributed by atoms with van der Waals surface area (Å²) in [5.41, 5.74) is 6.58. The van der Waals surface area contributed by atoms with E-state index in [9.17, 15) is 0 Å². The van der Waals surface area contributed by atoms with Crippen LogP contribution in [0.25, 0.3) is 0 Å². The van der Waals surface area contributed by atoms with Crippen LogP contribution in [0, 0.1) is 12.8 Å². The molecule has 1 aliphatic rings. The summed E-state index contributed by atoms with van der Waals surface area (Å²) in [7, 11) is 2.19. The zero-order valence-electron chi connectivity index (χ0n) is 12.3. The van der Waals surface area contributed by atoms with Gasteiger partial charge in [0.2, 0.25) is 0 Å². The molecule has 0 aliphatic carbocycles.